The van der Waals surface area contributed by atoms with E-state index in [1.54, 1.807) is 0 Å². The van der Waals surface area contributed by atoms with Crippen LogP contribution in [-0.2, 0) is 0 Å². The van der Waals surface area contributed by atoms with Crippen molar-refractivity contribution in [2.45, 2.75) is 19.9 Å². The maximum atomic E-state index is 6.19. The van der Waals surface area contributed by atoms with Gasteiger partial charge in [0.15, 0.2) is 0 Å². The van der Waals surface area contributed by atoms with Crippen molar-refractivity contribution < 1.29 is 0 Å². The van der Waals surface area contributed by atoms with Crippen molar-refractivity contribution in [2.75, 3.05) is 11.9 Å². The number of rotatable bonds is 4. The Hall–Kier alpha value is -3.34. The second-order valence-corrected chi connectivity index (χ2v) is 9.37. The van der Waals surface area contributed by atoms with Crippen LogP contribution >= 0.6 is 23.2 Å². The van der Waals surface area contributed by atoms with E-state index in [1.165, 1.54) is 0 Å². The molecule has 1 heterocycles. The molecule has 0 spiro atoms. The summed E-state index contributed by atoms with van der Waals surface area (Å²) < 4.78 is 2.22. The van der Waals surface area contributed by atoms with Gasteiger partial charge in [-0.3, -0.25) is 4.99 Å². The van der Waals surface area contributed by atoms with Crippen molar-refractivity contribution in [2.24, 2.45) is 4.99 Å². The summed E-state index contributed by atoms with van der Waals surface area (Å²) in [4.78, 5) is 12.1. The highest BCUT2D eigenvalue weighted by molar-refractivity contribution is 6.30. The number of fused-ring (bicyclic) bond motifs is 2. The Morgan fingerprint density at radius 3 is 2.18 bits per heavy atom. The summed E-state index contributed by atoms with van der Waals surface area (Å²) in [5.41, 5.74) is 6.82. The van der Waals surface area contributed by atoms with Crippen molar-refractivity contribution in [3.05, 3.63) is 100 Å². The Morgan fingerprint density at radius 2 is 1.50 bits per heavy atom. The largest absolute Gasteiger partial charge is 0.343 e. The zero-order chi connectivity index (χ0) is 23.8. The van der Waals surface area contributed by atoms with E-state index in [-0.39, 0.29) is 6.04 Å². The summed E-state index contributed by atoms with van der Waals surface area (Å²) in [5, 5.41) is 2.31. The first-order valence-electron chi connectivity index (χ1n) is 11.2. The fourth-order valence-electron chi connectivity index (χ4n) is 4.15. The molecule has 4 nitrogen and oxygen atoms in total. The number of para-hydroxylation sites is 2. The van der Waals surface area contributed by atoms with Crippen molar-refractivity contribution in [3.63, 3.8) is 0 Å². The van der Waals surface area contributed by atoms with Gasteiger partial charge in [-0.1, -0.05) is 35.3 Å². The van der Waals surface area contributed by atoms with Gasteiger partial charge in [0.25, 0.3) is 0 Å². The van der Waals surface area contributed by atoms with Gasteiger partial charge in [-0.25, -0.2) is 4.98 Å². The van der Waals surface area contributed by atoms with Crippen molar-refractivity contribution in [1.29, 1.82) is 0 Å². The summed E-state index contributed by atoms with van der Waals surface area (Å²) in [6, 6.07) is 28.2. The highest BCUT2D eigenvalue weighted by Crippen LogP contribution is 2.32. The number of hydrogen-bond donors (Lipinski definition) is 0. The summed E-state index contributed by atoms with van der Waals surface area (Å²) in [5.74, 6) is 0. The molecule has 5 rings (SSSR count). The molecule has 0 unspecified atom stereocenters. The lowest BCUT2D eigenvalue weighted by Gasteiger charge is -2.24. The van der Waals surface area contributed by atoms with Crippen LogP contribution in [0.15, 0.2) is 89.9 Å². The second kappa shape index (κ2) is 9.13. The van der Waals surface area contributed by atoms with Gasteiger partial charge >= 0.3 is 0 Å². The van der Waals surface area contributed by atoms with Gasteiger partial charge in [0.1, 0.15) is 0 Å². The Kier molecular flexibility index (Phi) is 6.03. The van der Waals surface area contributed by atoms with Crippen LogP contribution in [0.25, 0.3) is 28.1 Å². The fraction of sp³-hybridized carbons (Fsp3) is 0.143. The lowest BCUT2D eigenvalue weighted by Crippen LogP contribution is -2.22. The van der Waals surface area contributed by atoms with Crippen LogP contribution in [0.4, 0.5) is 11.4 Å². The van der Waals surface area contributed by atoms with E-state index < -0.39 is 0 Å². The minimum Gasteiger partial charge on any atom is -0.343 e. The minimum absolute atomic E-state index is 0.132. The third-order valence-electron chi connectivity index (χ3n) is 5.73. The molecule has 34 heavy (non-hydrogen) atoms. The van der Waals surface area contributed by atoms with E-state index in [4.69, 9.17) is 33.2 Å². The summed E-state index contributed by atoms with van der Waals surface area (Å²) >= 11 is 12.3. The van der Waals surface area contributed by atoms with Crippen LogP contribution in [0.5, 0.6) is 0 Å². The molecule has 3 aromatic rings. The Morgan fingerprint density at radius 1 is 0.853 bits per heavy atom. The fourth-order valence-corrected chi connectivity index (χ4v) is 4.41. The third kappa shape index (κ3) is 4.27. The minimum atomic E-state index is 0.132. The molecule has 1 aliphatic heterocycles. The van der Waals surface area contributed by atoms with Crippen LogP contribution in [0.2, 0.25) is 10.0 Å². The van der Waals surface area contributed by atoms with E-state index in [9.17, 15) is 0 Å². The SMILES string of the molecule is CC(C)N=c1cc2n(-c3ccc(Cl)cc3)c3ccccc3nc-2cc1N(C)c1ccc(Cl)cc1. The molecule has 2 aliphatic rings. The average Bonchev–Trinajstić information content (AvgIpc) is 2.83. The van der Waals surface area contributed by atoms with Gasteiger partial charge in [-0.15, -0.1) is 0 Å². The first kappa shape index (κ1) is 22.5. The number of aromatic nitrogens is 2. The van der Waals surface area contributed by atoms with E-state index in [2.05, 4.69) is 41.5 Å². The quantitative estimate of drug-likeness (QED) is 0.246. The number of hydrogen-bond acceptors (Lipinski definition) is 3. The molecule has 0 amide bonds. The molecule has 0 saturated carbocycles. The second-order valence-electron chi connectivity index (χ2n) is 8.50. The molecule has 0 aromatic heterocycles. The van der Waals surface area contributed by atoms with E-state index in [1.807, 2.05) is 73.8 Å². The van der Waals surface area contributed by atoms with E-state index in [0.717, 1.165) is 44.8 Å². The van der Waals surface area contributed by atoms with Crippen LogP contribution in [0.3, 0.4) is 0 Å². The summed E-state index contributed by atoms with van der Waals surface area (Å²) in [6.07, 6.45) is 0. The Bertz CT molecular complexity index is 1500. The summed E-state index contributed by atoms with van der Waals surface area (Å²) in [6.45, 7) is 4.17. The number of nitrogens with zero attached hydrogens (tertiary/aromatic N) is 4. The van der Waals surface area contributed by atoms with Crippen LogP contribution < -0.4 is 10.3 Å². The van der Waals surface area contributed by atoms with Gasteiger partial charge in [0, 0.05) is 34.5 Å². The van der Waals surface area contributed by atoms with Crippen molar-refractivity contribution in [1.82, 2.24) is 9.55 Å². The maximum Gasteiger partial charge on any atom is 0.0900 e. The molecule has 1 aliphatic carbocycles. The number of benzene rings is 4. The highest BCUT2D eigenvalue weighted by Gasteiger charge is 2.18. The smallest absolute Gasteiger partial charge is 0.0900 e. The third-order valence-corrected chi connectivity index (χ3v) is 6.24. The van der Waals surface area contributed by atoms with Gasteiger partial charge in [0.05, 0.1) is 33.5 Å². The standard InChI is InChI=1S/C28H24Cl2N4/c1-18(2)31-24-17-28-25(16-27(24)33(3)21-12-8-19(29)9-13-21)32-23-6-4-5-7-26(23)34(28)22-14-10-20(30)11-15-22/h4-18H,1-3H3. The lowest BCUT2D eigenvalue weighted by atomic mass is 10.1. The number of halogens is 2. The number of anilines is 2. The van der Waals surface area contributed by atoms with Gasteiger partial charge in [0.2, 0.25) is 0 Å². The highest BCUT2D eigenvalue weighted by atomic mass is 35.5. The van der Waals surface area contributed by atoms with Gasteiger partial charge in [-0.05, 0) is 86.6 Å². The van der Waals surface area contributed by atoms with Crippen molar-refractivity contribution in [3.8, 4) is 17.1 Å². The first-order valence-corrected chi connectivity index (χ1v) is 11.9. The summed E-state index contributed by atoms with van der Waals surface area (Å²) in [7, 11) is 2.04. The predicted octanol–water partition coefficient (Wildman–Crippen LogP) is 7.51. The normalized spacial score (nSPS) is 12.1. The molecule has 0 saturated heterocycles. The zero-order valence-corrected chi connectivity index (χ0v) is 20.7. The molecule has 0 atom stereocenters. The Balaban J connectivity index is 1.84. The lowest BCUT2D eigenvalue weighted by molar-refractivity contribution is 0.804. The van der Waals surface area contributed by atoms with Crippen molar-refractivity contribution >= 4 is 45.6 Å². The molecule has 0 fully saturated rings. The molecule has 0 bridgehead atoms. The molecule has 170 valence electrons. The van der Waals surface area contributed by atoms with Gasteiger partial charge in [-0.2, -0.15) is 0 Å². The van der Waals surface area contributed by atoms with Gasteiger partial charge < -0.3 is 9.47 Å². The van der Waals surface area contributed by atoms with Crippen LogP contribution in [0, 0.1) is 0 Å². The van der Waals surface area contributed by atoms with E-state index >= 15 is 0 Å². The zero-order valence-electron chi connectivity index (χ0n) is 19.2. The van der Waals surface area contributed by atoms with E-state index in [0.29, 0.717) is 10.0 Å². The molecular formula is C28H24Cl2N4. The molecule has 0 N–H and O–H groups in total. The Labute approximate surface area is 209 Å². The van der Waals surface area contributed by atoms with Crippen LogP contribution in [0.1, 0.15) is 13.8 Å². The monoisotopic (exact) mass is 486 g/mol. The maximum absolute atomic E-state index is 6.19. The van der Waals surface area contributed by atoms with Crippen LogP contribution in [-0.4, -0.2) is 22.6 Å². The average molecular weight is 487 g/mol. The molecule has 6 heteroatoms. The topological polar surface area (TPSA) is 33.4 Å². The first-order chi connectivity index (χ1) is 16.4. The molecule has 3 aromatic carbocycles. The molecular weight excluding hydrogens is 463 g/mol. The predicted molar refractivity (Wildman–Crippen MR) is 143 cm³/mol. The molecule has 0 radical (unpaired) electrons.